The zero-order valence-corrected chi connectivity index (χ0v) is 16.0. The highest BCUT2D eigenvalue weighted by Crippen LogP contribution is 2.56. The quantitative estimate of drug-likeness (QED) is 0.898. The van der Waals surface area contributed by atoms with Crippen LogP contribution in [0.1, 0.15) is 37.8 Å². The lowest BCUT2D eigenvalue weighted by molar-refractivity contribution is -0.135. The van der Waals surface area contributed by atoms with Crippen molar-refractivity contribution in [3.63, 3.8) is 0 Å². The molecule has 3 fully saturated rings. The van der Waals surface area contributed by atoms with Gasteiger partial charge in [0.25, 0.3) is 0 Å². The van der Waals surface area contributed by atoms with Crippen molar-refractivity contribution in [2.24, 2.45) is 11.3 Å². The van der Waals surface area contributed by atoms with Gasteiger partial charge in [-0.25, -0.2) is 9.78 Å². The van der Waals surface area contributed by atoms with E-state index in [-0.39, 0.29) is 6.03 Å². The molecular formula is C19H29N5O2. The standard InChI is InChI=1S/C19H29N5O2/c1-13-11-15(23(2)3)21-17(20-13)22-18(25)24-12-19(7-4-8-19)16(24)14-5-9-26-10-6-14/h11,14,16H,4-10,12H2,1-3H3,(H,20,21,22,25). The number of rotatable bonds is 3. The first kappa shape index (κ1) is 17.5. The van der Waals surface area contributed by atoms with Crippen LogP contribution in [0, 0.1) is 18.3 Å². The van der Waals surface area contributed by atoms with Crippen LogP contribution in [0.5, 0.6) is 0 Å². The van der Waals surface area contributed by atoms with Gasteiger partial charge in [-0.2, -0.15) is 4.98 Å². The third-order valence-corrected chi connectivity index (χ3v) is 6.29. The van der Waals surface area contributed by atoms with E-state index < -0.39 is 0 Å². The monoisotopic (exact) mass is 359 g/mol. The minimum absolute atomic E-state index is 0.0608. The summed E-state index contributed by atoms with van der Waals surface area (Å²) >= 11 is 0. The molecule has 7 heteroatoms. The third-order valence-electron chi connectivity index (χ3n) is 6.29. The number of anilines is 2. The molecule has 2 saturated heterocycles. The maximum Gasteiger partial charge on any atom is 0.324 e. The molecule has 4 rings (SSSR count). The Balaban J connectivity index is 1.49. The molecular weight excluding hydrogens is 330 g/mol. The Morgan fingerprint density at radius 1 is 1.31 bits per heavy atom. The van der Waals surface area contributed by atoms with Crippen molar-refractivity contribution in [1.29, 1.82) is 0 Å². The second kappa shape index (κ2) is 6.68. The van der Waals surface area contributed by atoms with Gasteiger partial charge in [-0.3, -0.25) is 5.32 Å². The summed E-state index contributed by atoms with van der Waals surface area (Å²) in [6.45, 7) is 4.43. The summed E-state index contributed by atoms with van der Waals surface area (Å²) in [5.74, 6) is 1.74. The Morgan fingerprint density at radius 2 is 2.04 bits per heavy atom. The first-order valence-corrected chi connectivity index (χ1v) is 9.67. The predicted molar refractivity (Wildman–Crippen MR) is 100 cm³/mol. The van der Waals surface area contributed by atoms with Crippen molar-refractivity contribution in [3.8, 4) is 0 Å². The van der Waals surface area contributed by atoms with Crippen LogP contribution in [0.2, 0.25) is 0 Å². The molecule has 2 aliphatic heterocycles. The van der Waals surface area contributed by atoms with Crippen LogP contribution >= 0.6 is 0 Å². The van der Waals surface area contributed by atoms with Gasteiger partial charge in [0.15, 0.2) is 0 Å². The smallest absolute Gasteiger partial charge is 0.324 e. The highest BCUT2D eigenvalue weighted by Gasteiger charge is 2.59. The molecule has 2 amide bonds. The van der Waals surface area contributed by atoms with E-state index in [2.05, 4.69) is 15.3 Å². The van der Waals surface area contributed by atoms with E-state index in [9.17, 15) is 4.79 Å². The largest absolute Gasteiger partial charge is 0.381 e. The molecule has 1 atom stereocenters. The Morgan fingerprint density at radius 3 is 2.65 bits per heavy atom. The number of ether oxygens (including phenoxy) is 1. The molecule has 0 aromatic carbocycles. The minimum atomic E-state index is -0.0608. The van der Waals surface area contributed by atoms with E-state index in [0.29, 0.717) is 23.3 Å². The van der Waals surface area contributed by atoms with Gasteiger partial charge in [0, 0.05) is 57.1 Å². The van der Waals surface area contributed by atoms with E-state index in [1.807, 2.05) is 36.9 Å². The van der Waals surface area contributed by atoms with E-state index in [0.717, 1.165) is 44.1 Å². The summed E-state index contributed by atoms with van der Waals surface area (Å²) in [6, 6.07) is 2.20. The molecule has 0 bridgehead atoms. The van der Waals surface area contributed by atoms with Crippen LogP contribution < -0.4 is 10.2 Å². The molecule has 1 aromatic heterocycles. The molecule has 3 heterocycles. The molecule has 1 unspecified atom stereocenters. The van der Waals surface area contributed by atoms with Crippen molar-refractivity contribution >= 4 is 17.8 Å². The normalized spacial score (nSPS) is 24.7. The fourth-order valence-electron chi connectivity index (χ4n) is 4.82. The maximum atomic E-state index is 13.0. The average molecular weight is 359 g/mol. The number of nitrogens with zero attached hydrogens (tertiary/aromatic N) is 4. The number of hydrogen-bond acceptors (Lipinski definition) is 5. The average Bonchev–Trinajstić information content (AvgIpc) is 2.53. The maximum absolute atomic E-state index is 13.0. The summed E-state index contributed by atoms with van der Waals surface area (Å²) < 4.78 is 5.53. The molecule has 3 aliphatic rings. The number of hydrogen-bond donors (Lipinski definition) is 1. The van der Waals surface area contributed by atoms with Gasteiger partial charge in [0.1, 0.15) is 5.82 Å². The number of aryl methyl sites for hydroxylation is 1. The first-order valence-electron chi connectivity index (χ1n) is 9.67. The van der Waals surface area contributed by atoms with Crippen molar-refractivity contribution in [3.05, 3.63) is 11.8 Å². The number of amides is 2. The summed E-state index contributed by atoms with van der Waals surface area (Å²) in [5, 5.41) is 2.94. The molecule has 1 N–H and O–H groups in total. The van der Waals surface area contributed by atoms with Crippen LogP contribution in [0.3, 0.4) is 0 Å². The van der Waals surface area contributed by atoms with Crippen molar-refractivity contribution in [1.82, 2.24) is 14.9 Å². The van der Waals surface area contributed by atoms with Gasteiger partial charge in [0.05, 0.1) is 0 Å². The molecule has 1 aliphatic carbocycles. The lowest BCUT2D eigenvalue weighted by atomic mass is 9.54. The van der Waals surface area contributed by atoms with Crippen molar-refractivity contribution in [2.45, 2.75) is 45.1 Å². The highest BCUT2D eigenvalue weighted by molar-refractivity contribution is 5.88. The van der Waals surface area contributed by atoms with Crippen LogP contribution in [-0.4, -0.2) is 60.8 Å². The fourth-order valence-corrected chi connectivity index (χ4v) is 4.82. The summed E-state index contributed by atoms with van der Waals surface area (Å²) in [7, 11) is 3.87. The summed E-state index contributed by atoms with van der Waals surface area (Å²) in [6.07, 6.45) is 5.92. The van der Waals surface area contributed by atoms with Crippen LogP contribution in [-0.2, 0) is 4.74 Å². The van der Waals surface area contributed by atoms with E-state index >= 15 is 0 Å². The SMILES string of the molecule is Cc1cc(N(C)C)nc(NC(=O)N2CC3(CCC3)C2C2CCOCC2)n1. The summed E-state index contributed by atoms with van der Waals surface area (Å²) in [4.78, 5) is 25.7. The lowest BCUT2D eigenvalue weighted by Crippen LogP contribution is -2.72. The Labute approximate surface area is 155 Å². The Kier molecular flexibility index (Phi) is 4.50. The molecule has 26 heavy (non-hydrogen) atoms. The van der Waals surface area contributed by atoms with E-state index in [1.165, 1.54) is 19.3 Å². The zero-order chi connectivity index (χ0) is 18.3. The van der Waals surface area contributed by atoms with Gasteiger partial charge in [-0.1, -0.05) is 6.42 Å². The molecule has 0 radical (unpaired) electrons. The Bertz CT molecular complexity index is 683. The number of likely N-dealkylation sites (tertiary alicyclic amines) is 1. The van der Waals surface area contributed by atoms with Crippen molar-refractivity contribution < 1.29 is 9.53 Å². The topological polar surface area (TPSA) is 70.6 Å². The highest BCUT2D eigenvalue weighted by atomic mass is 16.5. The molecule has 1 saturated carbocycles. The number of carbonyl (C=O) groups is 1. The van der Waals surface area contributed by atoms with E-state index in [4.69, 9.17) is 4.74 Å². The Hall–Kier alpha value is -1.89. The van der Waals surface area contributed by atoms with Gasteiger partial charge in [-0.15, -0.1) is 0 Å². The zero-order valence-electron chi connectivity index (χ0n) is 16.0. The van der Waals surface area contributed by atoms with Gasteiger partial charge in [-0.05, 0) is 38.5 Å². The van der Waals surface area contributed by atoms with Gasteiger partial charge in [0.2, 0.25) is 5.95 Å². The number of carbonyl (C=O) groups excluding carboxylic acids is 1. The number of nitrogens with one attached hydrogen (secondary N) is 1. The lowest BCUT2D eigenvalue weighted by Gasteiger charge is -2.64. The predicted octanol–water partition coefficient (Wildman–Crippen LogP) is 2.66. The minimum Gasteiger partial charge on any atom is -0.381 e. The molecule has 142 valence electrons. The van der Waals surface area contributed by atoms with E-state index in [1.54, 1.807) is 0 Å². The second-order valence-corrected chi connectivity index (χ2v) is 8.25. The van der Waals surface area contributed by atoms with Crippen LogP contribution in [0.4, 0.5) is 16.6 Å². The van der Waals surface area contributed by atoms with Crippen LogP contribution in [0.25, 0.3) is 0 Å². The first-order chi connectivity index (χ1) is 12.5. The number of urea groups is 1. The third kappa shape index (κ3) is 3.02. The molecule has 1 aromatic rings. The summed E-state index contributed by atoms with van der Waals surface area (Å²) in [5.41, 5.74) is 1.21. The van der Waals surface area contributed by atoms with Gasteiger partial charge >= 0.3 is 6.03 Å². The number of aromatic nitrogens is 2. The molecule has 1 spiro atoms. The second-order valence-electron chi connectivity index (χ2n) is 8.25. The fraction of sp³-hybridized carbons (Fsp3) is 0.737. The van der Waals surface area contributed by atoms with Gasteiger partial charge < -0.3 is 14.5 Å². The molecule has 7 nitrogen and oxygen atoms in total. The van der Waals surface area contributed by atoms with Crippen molar-refractivity contribution in [2.75, 3.05) is 44.1 Å². The van der Waals surface area contributed by atoms with Crippen LogP contribution in [0.15, 0.2) is 6.07 Å².